The van der Waals surface area contributed by atoms with E-state index in [2.05, 4.69) is 271 Å². The number of hydrogen-bond acceptors (Lipinski definition) is 3. The van der Waals surface area contributed by atoms with Crippen molar-refractivity contribution in [1.82, 2.24) is 4.57 Å². The number of furan rings is 2. The van der Waals surface area contributed by atoms with Gasteiger partial charge in [-0.15, -0.1) is 0 Å². The summed E-state index contributed by atoms with van der Waals surface area (Å²) in [5.41, 5.74) is 35.3. The number of aromatic nitrogens is 1. The van der Waals surface area contributed by atoms with Gasteiger partial charge in [-0.25, -0.2) is 0 Å². The third-order valence-electron chi connectivity index (χ3n) is 33.7. The van der Waals surface area contributed by atoms with Crippen molar-refractivity contribution < 1.29 is 8.83 Å². The van der Waals surface area contributed by atoms with Crippen molar-refractivity contribution in [2.75, 3.05) is 4.90 Å². The SMILES string of the molecule is CCCCCCCCC1(CCCCCCCC)c2cc(N(c3ccc4c(c3)C(CCCCCCC)(CCCCCCC)c3c5c(c6c(oc7ccccc76)c3-4)-c3ccccc3C5(CCCCCCC)CCCCCCC)c3ccc4c(c3)c3ccccc3n4-c3ccccc3)ccc2-c2cc3c(cc21)-c1c(ccc2oc4ccccc4c12)C3(CCCCCCCC)CCCCCCCC. The maximum Gasteiger partial charge on any atom is 0.144 e. The quantitative estimate of drug-likeness (QED) is 0.0356. The van der Waals surface area contributed by atoms with Gasteiger partial charge in [0.2, 0.25) is 0 Å². The second-order valence-electron chi connectivity index (χ2n) is 42.5. The van der Waals surface area contributed by atoms with Crippen molar-refractivity contribution in [3.05, 3.63) is 251 Å². The van der Waals surface area contributed by atoms with Gasteiger partial charge >= 0.3 is 0 Å². The molecular formula is C130H162N2O2. The summed E-state index contributed by atoms with van der Waals surface area (Å²) < 4.78 is 17.5. The number of rotatable bonds is 56. The first-order chi connectivity index (χ1) is 66.2. The van der Waals surface area contributed by atoms with Crippen LogP contribution >= 0.6 is 0 Å². The molecule has 0 spiro atoms. The van der Waals surface area contributed by atoms with Crippen LogP contribution in [-0.2, 0) is 21.7 Å². The van der Waals surface area contributed by atoms with E-state index in [-0.39, 0.29) is 21.7 Å². The van der Waals surface area contributed by atoms with Gasteiger partial charge in [0, 0.05) is 82.3 Å². The fraction of sp³-hybridized carbons (Fsp3) is 0.492. The number of para-hydroxylation sites is 4. The molecule has 0 saturated carbocycles. The molecule has 0 radical (unpaired) electrons. The van der Waals surface area contributed by atoms with E-state index in [1.807, 2.05) is 0 Å². The standard InChI is InChI=1S/C130H162N2O2/c1-9-17-25-33-41-56-82-127(83-57-42-34-26-18-10-2)109-79-81-118-120(103-68-50-54-72-116(103)133-118)119(109)107-94-112-105(93-113(107)127)99-77-74-97(91-110(99)128(112,84-58-43-35-27-19-11-3)85-59-44-36-28-20-12-4)131(96-76-80-115-106(90-96)100-66-49-53-71-114(100)132(115)95-64-46-45-47-65-95)98-75-78-102-111(92-98)130(88-62-39-31-23-15-7,89-63-40-32-24-16-8)125-123(102)126-122(104-69-51-55-73-117(104)134-126)121-101-67-48-52-70-108(101)129(124(121)125,86-60-37-29-21-13-5)87-61-38-30-22-14-6/h45-55,64-81,90-94H,9-44,56-63,82-89H2,1-8H3. The first-order valence-corrected chi connectivity index (χ1v) is 55.6. The van der Waals surface area contributed by atoms with Gasteiger partial charge in [0.25, 0.3) is 0 Å². The van der Waals surface area contributed by atoms with Crippen LogP contribution < -0.4 is 4.90 Å². The zero-order chi connectivity index (χ0) is 91.9. The van der Waals surface area contributed by atoms with Crippen molar-refractivity contribution in [2.24, 2.45) is 0 Å². The predicted molar refractivity (Wildman–Crippen MR) is 580 cm³/mol. The lowest BCUT2D eigenvalue weighted by Crippen LogP contribution is -2.33. The Labute approximate surface area is 807 Å². The lowest BCUT2D eigenvalue weighted by atomic mass is 9.62. The van der Waals surface area contributed by atoms with Crippen LogP contribution in [0.3, 0.4) is 0 Å². The fourth-order valence-electron chi connectivity index (χ4n) is 27.0. The van der Waals surface area contributed by atoms with Crippen LogP contribution in [0.5, 0.6) is 0 Å². The molecule has 0 unspecified atom stereocenters. The van der Waals surface area contributed by atoms with Crippen molar-refractivity contribution in [3.8, 4) is 50.2 Å². The van der Waals surface area contributed by atoms with Crippen LogP contribution in [0.2, 0.25) is 0 Å². The molecule has 4 nitrogen and oxygen atoms in total. The van der Waals surface area contributed by atoms with E-state index in [4.69, 9.17) is 8.83 Å². The molecule has 0 amide bonds. The molecule has 3 heterocycles. The van der Waals surface area contributed by atoms with E-state index >= 15 is 0 Å². The monoisotopic (exact) mass is 1780 g/mol. The molecule has 18 rings (SSSR count). The van der Waals surface area contributed by atoms with Crippen molar-refractivity contribution in [3.63, 3.8) is 0 Å². The van der Waals surface area contributed by atoms with Crippen LogP contribution in [0, 0.1) is 0 Å². The van der Waals surface area contributed by atoms with Crippen LogP contribution in [0.1, 0.15) is 434 Å². The van der Waals surface area contributed by atoms with Gasteiger partial charge in [-0.05, 0) is 226 Å². The summed E-state index contributed by atoms with van der Waals surface area (Å²) in [6.45, 7) is 19.1. The molecule has 4 aliphatic rings. The zero-order valence-electron chi connectivity index (χ0n) is 84.1. The topological polar surface area (TPSA) is 34.5 Å². The smallest absolute Gasteiger partial charge is 0.144 e. The molecule has 14 aromatic rings. The first-order valence-electron chi connectivity index (χ1n) is 55.6. The van der Waals surface area contributed by atoms with Crippen LogP contribution in [0.15, 0.2) is 215 Å². The Kier molecular flexibility index (Phi) is 31.5. The van der Waals surface area contributed by atoms with Crippen LogP contribution in [-0.4, -0.2) is 4.57 Å². The molecule has 0 atom stereocenters. The molecule has 0 bridgehead atoms. The lowest BCUT2D eigenvalue weighted by molar-refractivity contribution is 0.369. The normalized spacial score (nSPS) is 14.4. The van der Waals surface area contributed by atoms with Gasteiger partial charge in [-0.3, -0.25) is 0 Å². The number of unbranched alkanes of at least 4 members (excludes halogenated alkanes) is 36. The Hall–Kier alpha value is -9.38. The van der Waals surface area contributed by atoms with Crippen molar-refractivity contribution >= 4 is 82.7 Å². The Morgan fingerprint density at radius 2 is 0.590 bits per heavy atom. The van der Waals surface area contributed by atoms with E-state index in [0.29, 0.717) is 0 Å². The maximum atomic E-state index is 7.88. The summed E-state index contributed by atoms with van der Waals surface area (Å²) in [6, 6.07) is 83.7. The molecule has 11 aromatic carbocycles. The largest absolute Gasteiger partial charge is 0.456 e. The van der Waals surface area contributed by atoms with E-state index < -0.39 is 0 Å². The molecular weight excluding hydrogens is 1620 g/mol. The van der Waals surface area contributed by atoms with Gasteiger partial charge in [-0.1, -0.05) is 453 Å². The highest BCUT2D eigenvalue weighted by Gasteiger charge is 2.55. The van der Waals surface area contributed by atoms with Gasteiger partial charge in [0.05, 0.1) is 11.0 Å². The molecule has 0 fully saturated rings. The number of hydrogen-bond donors (Lipinski definition) is 0. The molecule has 704 valence electrons. The van der Waals surface area contributed by atoms with Crippen molar-refractivity contribution in [1.29, 1.82) is 0 Å². The highest BCUT2D eigenvalue weighted by molar-refractivity contribution is 6.21. The summed E-state index contributed by atoms with van der Waals surface area (Å²) in [7, 11) is 0. The number of fused-ring (bicyclic) bond motifs is 25. The second-order valence-corrected chi connectivity index (χ2v) is 42.5. The van der Waals surface area contributed by atoms with Crippen LogP contribution in [0.4, 0.5) is 17.1 Å². The van der Waals surface area contributed by atoms with E-state index in [1.165, 1.54) is 419 Å². The molecule has 0 saturated heterocycles. The Balaban J connectivity index is 0.911. The highest BCUT2D eigenvalue weighted by Crippen LogP contribution is 2.69. The number of benzene rings is 11. The Morgan fingerprint density at radius 3 is 1.12 bits per heavy atom. The third-order valence-corrected chi connectivity index (χ3v) is 33.7. The van der Waals surface area contributed by atoms with Gasteiger partial charge in [0.1, 0.15) is 22.3 Å². The molecule has 134 heavy (non-hydrogen) atoms. The highest BCUT2D eigenvalue weighted by atomic mass is 16.3. The zero-order valence-corrected chi connectivity index (χ0v) is 84.1. The Morgan fingerprint density at radius 1 is 0.224 bits per heavy atom. The summed E-state index contributed by atoms with van der Waals surface area (Å²) in [5.74, 6) is 0. The van der Waals surface area contributed by atoms with Gasteiger partial charge < -0.3 is 18.3 Å². The lowest BCUT2D eigenvalue weighted by Gasteiger charge is -2.40. The summed E-state index contributed by atoms with van der Waals surface area (Å²) in [4.78, 5) is 2.82. The van der Waals surface area contributed by atoms with E-state index in [9.17, 15) is 0 Å². The van der Waals surface area contributed by atoms with Crippen molar-refractivity contribution in [2.45, 2.75) is 411 Å². The summed E-state index contributed by atoms with van der Waals surface area (Å²) in [6.07, 6.45) is 65.1. The van der Waals surface area contributed by atoms with E-state index in [1.54, 1.807) is 44.5 Å². The predicted octanol–water partition coefficient (Wildman–Crippen LogP) is 41.6. The molecule has 4 heteroatoms. The average Bonchev–Trinajstić information content (AvgIpc) is 1.42. The number of anilines is 3. The molecule has 0 aliphatic heterocycles. The van der Waals surface area contributed by atoms with Gasteiger partial charge in [0.15, 0.2) is 0 Å². The third kappa shape index (κ3) is 18.3. The summed E-state index contributed by atoms with van der Waals surface area (Å²) >= 11 is 0. The molecule has 4 aliphatic carbocycles. The first kappa shape index (κ1) is 95.0. The number of nitrogens with zero attached hydrogens (tertiary/aromatic N) is 2. The van der Waals surface area contributed by atoms with Crippen LogP contribution in [0.25, 0.3) is 116 Å². The molecule has 0 N–H and O–H groups in total. The molecule has 3 aromatic heterocycles. The van der Waals surface area contributed by atoms with Gasteiger partial charge in [-0.2, -0.15) is 0 Å². The minimum absolute atomic E-state index is 0.136. The maximum absolute atomic E-state index is 7.88. The minimum atomic E-state index is -0.317. The summed E-state index contributed by atoms with van der Waals surface area (Å²) in [5, 5.41) is 7.79. The second kappa shape index (κ2) is 44.4. The fourth-order valence-corrected chi connectivity index (χ4v) is 27.0. The average molecular weight is 1780 g/mol. The Bertz CT molecular complexity index is 6210. The van der Waals surface area contributed by atoms with E-state index in [0.717, 1.165) is 48.0 Å². The minimum Gasteiger partial charge on any atom is -0.456 e.